The molecule has 1 aromatic heterocycles. The molecule has 0 saturated carbocycles. The first kappa shape index (κ1) is 19.2. The number of nitrogens with one attached hydrogen (secondary N) is 1. The third-order valence-electron chi connectivity index (χ3n) is 4.58. The molecule has 0 atom stereocenters. The number of hydrogen-bond acceptors (Lipinski definition) is 11. The molecular weight excluding hydrogens is 378 g/mol. The zero-order valence-corrected chi connectivity index (χ0v) is 15.9. The number of morpholine rings is 2. The molecule has 2 saturated heterocycles. The van der Waals surface area contributed by atoms with Gasteiger partial charge in [-0.05, 0) is 23.8 Å². The lowest BCUT2D eigenvalue weighted by atomic mass is 10.2. The van der Waals surface area contributed by atoms with Gasteiger partial charge >= 0.3 is 0 Å². The second-order valence-corrected chi connectivity index (χ2v) is 6.58. The van der Waals surface area contributed by atoms with Crippen LogP contribution >= 0.6 is 0 Å². The van der Waals surface area contributed by atoms with Crippen LogP contribution in [0, 0.1) is 0 Å². The summed E-state index contributed by atoms with van der Waals surface area (Å²) < 4.78 is 10.8. The second-order valence-electron chi connectivity index (χ2n) is 6.58. The standard InChI is InChI=1S/C18H23N7O4/c26-14-2-1-13(11-15(14)27)12-19-23-16-20-17(24-3-7-28-8-4-24)22-18(21-16)25-5-9-29-10-6-25/h1-2,11-12,26-27H,3-10H2,(H,20,21,22,23). The van der Waals surface area contributed by atoms with Crippen molar-refractivity contribution in [1.82, 2.24) is 15.0 Å². The van der Waals surface area contributed by atoms with E-state index in [4.69, 9.17) is 9.47 Å². The molecule has 2 aromatic rings. The summed E-state index contributed by atoms with van der Waals surface area (Å²) in [5.74, 6) is 1.08. The average Bonchev–Trinajstić information content (AvgIpc) is 2.77. The Bertz CT molecular complexity index is 831. The van der Waals surface area contributed by atoms with Crippen LogP contribution in [0.1, 0.15) is 5.56 Å². The van der Waals surface area contributed by atoms with E-state index in [9.17, 15) is 10.2 Å². The predicted octanol–water partition coefficient (Wildman–Crippen LogP) is 0.402. The summed E-state index contributed by atoms with van der Waals surface area (Å²) in [6, 6.07) is 4.44. The number of anilines is 3. The van der Waals surface area contributed by atoms with Gasteiger partial charge in [-0.15, -0.1) is 0 Å². The number of hydrazone groups is 1. The SMILES string of the molecule is Oc1ccc(C=NNc2nc(N3CCOCC3)nc(N3CCOCC3)n2)cc1O. The monoisotopic (exact) mass is 401 g/mol. The largest absolute Gasteiger partial charge is 0.504 e. The van der Waals surface area contributed by atoms with Crippen molar-refractivity contribution in [3.8, 4) is 11.5 Å². The summed E-state index contributed by atoms with van der Waals surface area (Å²) in [4.78, 5) is 17.7. The molecule has 0 unspecified atom stereocenters. The highest BCUT2D eigenvalue weighted by Crippen LogP contribution is 2.24. The van der Waals surface area contributed by atoms with Crippen molar-refractivity contribution < 1.29 is 19.7 Å². The highest BCUT2D eigenvalue weighted by Gasteiger charge is 2.20. The summed E-state index contributed by atoms with van der Waals surface area (Å²) in [7, 11) is 0. The van der Waals surface area contributed by atoms with E-state index in [1.807, 2.05) is 0 Å². The minimum Gasteiger partial charge on any atom is -0.504 e. The minimum absolute atomic E-state index is 0.183. The van der Waals surface area contributed by atoms with Crippen molar-refractivity contribution >= 4 is 24.1 Å². The molecule has 0 radical (unpaired) electrons. The molecule has 3 N–H and O–H groups in total. The lowest BCUT2D eigenvalue weighted by Crippen LogP contribution is -2.40. The molecule has 11 heteroatoms. The zero-order chi connectivity index (χ0) is 20.1. The van der Waals surface area contributed by atoms with Crippen LogP contribution < -0.4 is 15.2 Å². The van der Waals surface area contributed by atoms with Gasteiger partial charge < -0.3 is 29.5 Å². The molecule has 2 aliphatic rings. The molecule has 0 spiro atoms. The topological polar surface area (TPSA) is 128 Å². The number of hydrogen-bond donors (Lipinski definition) is 3. The molecule has 2 fully saturated rings. The van der Waals surface area contributed by atoms with E-state index in [1.54, 1.807) is 6.07 Å². The summed E-state index contributed by atoms with van der Waals surface area (Å²) >= 11 is 0. The lowest BCUT2D eigenvalue weighted by molar-refractivity contribution is 0.121. The molecule has 1 aromatic carbocycles. The number of rotatable bonds is 5. The lowest BCUT2D eigenvalue weighted by Gasteiger charge is -2.30. The van der Waals surface area contributed by atoms with E-state index < -0.39 is 0 Å². The van der Waals surface area contributed by atoms with Crippen LogP contribution in [-0.2, 0) is 9.47 Å². The van der Waals surface area contributed by atoms with Crippen LogP contribution in [0.3, 0.4) is 0 Å². The van der Waals surface area contributed by atoms with E-state index in [1.165, 1.54) is 18.3 Å². The summed E-state index contributed by atoms with van der Waals surface area (Å²) in [6.07, 6.45) is 1.51. The van der Waals surface area contributed by atoms with Crippen LogP contribution in [0.25, 0.3) is 0 Å². The fourth-order valence-corrected chi connectivity index (χ4v) is 3.00. The van der Waals surface area contributed by atoms with Gasteiger partial charge in [0.15, 0.2) is 11.5 Å². The fraction of sp³-hybridized carbons (Fsp3) is 0.444. The van der Waals surface area contributed by atoms with Gasteiger partial charge in [-0.1, -0.05) is 0 Å². The molecule has 0 bridgehead atoms. The summed E-state index contributed by atoms with van der Waals surface area (Å²) in [5.41, 5.74) is 3.45. The van der Waals surface area contributed by atoms with Gasteiger partial charge in [-0.2, -0.15) is 20.1 Å². The number of aromatic hydroxyl groups is 2. The van der Waals surface area contributed by atoms with Gasteiger partial charge in [-0.3, -0.25) is 0 Å². The highest BCUT2D eigenvalue weighted by atomic mass is 16.5. The van der Waals surface area contributed by atoms with Crippen molar-refractivity contribution in [2.24, 2.45) is 5.10 Å². The number of phenolic OH excluding ortho intramolecular Hbond substituents is 2. The fourth-order valence-electron chi connectivity index (χ4n) is 3.00. The van der Waals surface area contributed by atoms with Crippen LogP contribution in [0.2, 0.25) is 0 Å². The van der Waals surface area contributed by atoms with E-state index in [0.29, 0.717) is 76.0 Å². The number of nitrogens with zero attached hydrogens (tertiary/aromatic N) is 6. The molecular formula is C18H23N7O4. The summed E-state index contributed by atoms with van der Waals surface area (Å²) in [5, 5.41) is 23.1. The molecule has 154 valence electrons. The van der Waals surface area contributed by atoms with Crippen molar-refractivity contribution in [1.29, 1.82) is 0 Å². The maximum Gasteiger partial charge on any atom is 0.250 e. The van der Waals surface area contributed by atoms with E-state index >= 15 is 0 Å². The summed E-state index contributed by atoms with van der Waals surface area (Å²) in [6.45, 7) is 5.36. The Hall–Kier alpha value is -3.18. The molecule has 3 heterocycles. The van der Waals surface area contributed by atoms with Gasteiger partial charge in [-0.25, -0.2) is 5.43 Å². The van der Waals surface area contributed by atoms with E-state index in [2.05, 4.69) is 35.3 Å². The molecule has 4 rings (SSSR count). The van der Waals surface area contributed by atoms with Crippen molar-refractivity contribution in [2.45, 2.75) is 0 Å². The molecule has 29 heavy (non-hydrogen) atoms. The van der Waals surface area contributed by atoms with Crippen LogP contribution in [0.5, 0.6) is 11.5 Å². The van der Waals surface area contributed by atoms with Crippen molar-refractivity contribution in [2.75, 3.05) is 67.8 Å². The van der Waals surface area contributed by atoms with E-state index in [0.717, 1.165) is 0 Å². The third-order valence-corrected chi connectivity index (χ3v) is 4.58. The Morgan fingerprint density at radius 2 is 1.45 bits per heavy atom. The molecule has 2 aliphatic heterocycles. The normalized spacial score (nSPS) is 17.7. The van der Waals surface area contributed by atoms with E-state index in [-0.39, 0.29) is 11.5 Å². The Kier molecular flexibility index (Phi) is 5.86. The van der Waals surface area contributed by atoms with Crippen molar-refractivity contribution in [3.63, 3.8) is 0 Å². The Labute approximate surface area is 167 Å². The number of aromatic nitrogens is 3. The Morgan fingerprint density at radius 1 is 0.862 bits per heavy atom. The van der Waals surface area contributed by atoms with Crippen LogP contribution in [0.15, 0.2) is 23.3 Å². The predicted molar refractivity (Wildman–Crippen MR) is 107 cm³/mol. The third kappa shape index (κ3) is 4.81. The zero-order valence-electron chi connectivity index (χ0n) is 15.9. The van der Waals surface area contributed by atoms with Crippen molar-refractivity contribution in [3.05, 3.63) is 23.8 Å². The molecule has 0 amide bonds. The number of phenols is 2. The maximum atomic E-state index is 9.58. The Morgan fingerprint density at radius 3 is 2.00 bits per heavy atom. The number of ether oxygens (including phenoxy) is 2. The highest BCUT2D eigenvalue weighted by molar-refractivity contribution is 5.81. The smallest absolute Gasteiger partial charge is 0.250 e. The second kappa shape index (κ2) is 8.88. The molecule has 11 nitrogen and oxygen atoms in total. The van der Waals surface area contributed by atoms with Gasteiger partial charge in [0.2, 0.25) is 17.8 Å². The molecule has 0 aliphatic carbocycles. The average molecular weight is 401 g/mol. The van der Waals surface area contributed by atoms with Gasteiger partial charge in [0.05, 0.1) is 32.6 Å². The minimum atomic E-state index is -0.210. The van der Waals surface area contributed by atoms with Crippen LogP contribution in [-0.4, -0.2) is 84.0 Å². The van der Waals surface area contributed by atoms with Crippen LogP contribution in [0.4, 0.5) is 17.8 Å². The number of benzene rings is 1. The first-order chi connectivity index (χ1) is 14.2. The van der Waals surface area contributed by atoms with Gasteiger partial charge in [0.1, 0.15) is 0 Å². The van der Waals surface area contributed by atoms with Gasteiger partial charge in [0, 0.05) is 26.2 Å². The Balaban J connectivity index is 1.55. The van der Waals surface area contributed by atoms with Gasteiger partial charge in [0.25, 0.3) is 0 Å². The maximum absolute atomic E-state index is 9.58. The first-order valence-corrected chi connectivity index (χ1v) is 9.41. The first-order valence-electron chi connectivity index (χ1n) is 9.41. The quantitative estimate of drug-likeness (QED) is 0.368.